The number of nitro benzene ring substituents is 1. The van der Waals surface area contributed by atoms with Crippen molar-refractivity contribution in [2.24, 2.45) is 0 Å². The van der Waals surface area contributed by atoms with Gasteiger partial charge in [0, 0.05) is 11.6 Å². The summed E-state index contributed by atoms with van der Waals surface area (Å²) in [4.78, 5) is 22.2. The first-order valence-corrected chi connectivity index (χ1v) is 8.47. The van der Waals surface area contributed by atoms with Gasteiger partial charge in [0.05, 0.1) is 21.7 Å². The molecule has 0 aliphatic carbocycles. The van der Waals surface area contributed by atoms with Crippen molar-refractivity contribution in [2.45, 2.75) is 12.4 Å². The van der Waals surface area contributed by atoms with Gasteiger partial charge in [0.1, 0.15) is 5.02 Å². The lowest BCUT2D eigenvalue weighted by atomic mass is 10.0. The third kappa shape index (κ3) is 5.80. The van der Waals surface area contributed by atoms with Crippen LogP contribution in [-0.2, 0) is 12.4 Å². The molecule has 31 heavy (non-hydrogen) atoms. The molecule has 0 bridgehead atoms. The van der Waals surface area contributed by atoms with Crippen molar-refractivity contribution in [3.05, 3.63) is 68.2 Å². The van der Waals surface area contributed by atoms with Gasteiger partial charge >= 0.3 is 12.4 Å². The van der Waals surface area contributed by atoms with E-state index in [4.69, 9.17) is 11.6 Å². The largest absolute Gasteiger partial charge is 0.416 e. The first kappa shape index (κ1) is 24.3. The zero-order chi connectivity index (χ0) is 23.7. The third-order valence-electron chi connectivity index (χ3n) is 3.63. The number of thiocarbonyl (C=S) groups is 1. The van der Waals surface area contributed by atoms with Crippen LogP contribution in [0, 0.1) is 10.1 Å². The van der Waals surface area contributed by atoms with Gasteiger partial charge in [0.15, 0.2) is 0 Å². The van der Waals surface area contributed by atoms with E-state index in [-0.39, 0.29) is 34.0 Å². The number of alkyl halides is 6. The van der Waals surface area contributed by atoms with Crippen LogP contribution >= 0.6 is 23.8 Å². The number of carbonyl (C=O) groups is 1. The maximum atomic E-state index is 12.9. The number of anilines is 1. The van der Waals surface area contributed by atoms with Crippen LogP contribution in [0.2, 0.25) is 5.02 Å². The molecule has 0 spiro atoms. The molecule has 0 saturated heterocycles. The molecule has 0 radical (unpaired) electrons. The lowest BCUT2D eigenvalue weighted by Gasteiger charge is -2.19. The fourth-order valence-corrected chi connectivity index (χ4v) is 2.58. The Hall–Kier alpha value is -2.97. The lowest BCUT2D eigenvalue weighted by molar-refractivity contribution is -0.384. The number of hydroxylamine groups is 1. The lowest BCUT2D eigenvalue weighted by Crippen LogP contribution is -2.41. The summed E-state index contributed by atoms with van der Waals surface area (Å²) in [5, 5.41) is 21.5. The molecule has 0 aromatic heterocycles. The Labute approximate surface area is 178 Å². The number of rotatable bonds is 3. The summed E-state index contributed by atoms with van der Waals surface area (Å²) < 4.78 is 77.4. The molecule has 0 heterocycles. The average Bonchev–Trinajstić information content (AvgIpc) is 2.65. The van der Waals surface area contributed by atoms with Crippen LogP contribution in [0.15, 0.2) is 36.4 Å². The van der Waals surface area contributed by atoms with Gasteiger partial charge in [-0.15, -0.1) is 0 Å². The molecule has 0 aliphatic heterocycles. The maximum absolute atomic E-state index is 12.9. The molecule has 0 unspecified atom stereocenters. The van der Waals surface area contributed by atoms with E-state index >= 15 is 0 Å². The molecule has 0 fully saturated rings. The maximum Gasteiger partial charge on any atom is 0.416 e. The molecule has 0 atom stereocenters. The molecule has 2 rings (SSSR count). The normalized spacial score (nSPS) is 11.7. The van der Waals surface area contributed by atoms with Crippen molar-refractivity contribution < 1.29 is 41.3 Å². The molecule has 7 nitrogen and oxygen atoms in total. The van der Waals surface area contributed by atoms with E-state index in [1.807, 2.05) is 0 Å². The van der Waals surface area contributed by atoms with Gasteiger partial charge in [-0.1, -0.05) is 11.6 Å². The quantitative estimate of drug-likeness (QED) is 0.267. The number of hydrogen-bond donors (Lipinski definition) is 2. The van der Waals surface area contributed by atoms with Gasteiger partial charge in [0.2, 0.25) is 5.11 Å². The van der Waals surface area contributed by atoms with Crippen molar-refractivity contribution in [3.63, 3.8) is 0 Å². The highest BCUT2D eigenvalue weighted by Crippen LogP contribution is 2.36. The topological polar surface area (TPSA) is 95.7 Å². The standard InChI is InChI=1S/C16H8ClF6N3O4S/c17-11-2-1-10(6-12(11)26(29)30)25(28)14(31)24-13(27)7-3-8(15(18,19)20)5-9(4-7)16(21,22)23/h1-6,28H,(H,24,27,31). The van der Waals surface area contributed by atoms with E-state index in [0.29, 0.717) is 0 Å². The predicted octanol–water partition coefficient (Wildman–Crippen LogP) is 5.20. The van der Waals surface area contributed by atoms with Gasteiger partial charge in [-0.25, -0.2) is 0 Å². The second-order valence-electron chi connectivity index (χ2n) is 5.76. The molecule has 15 heteroatoms. The number of carbonyl (C=O) groups excluding carboxylic acids is 1. The monoisotopic (exact) mass is 487 g/mol. The van der Waals surface area contributed by atoms with Gasteiger partial charge in [-0.2, -0.15) is 31.4 Å². The number of nitrogens with zero attached hydrogens (tertiary/aromatic N) is 2. The summed E-state index contributed by atoms with van der Waals surface area (Å²) in [6.07, 6.45) is -10.4. The highest BCUT2D eigenvalue weighted by Gasteiger charge is 2.37. The summed E-state index contributed by atoms with van der Waals surface area (Å²) >= 11 is 10.3. The molecule has 0 saturated carbocycles. The molecule has 2 aromatic rings. The minimum absolute atomic E-state index is 0.0504. The number of nitro groups is 1. The summed E-state index contributed by atoms with van der Waals surface area (Å²) in [5.74, 6) is -1.50. The highest BCUT2D eigenvalue weighted by molar-refractivity contribution is 7.80. The van der Waals surface area contributed by atoms with Gasteiger partial charge < -0.3 is 0 Å². The van der Waals surface area contributed by atoms with Crippen LogP contribution < -0.4 is 10.4 Å². The number of halogens is 7. The van der Waals surface area contributed by atoms with Crippen molar-refractivity contribution in [3.8, 4) is 0 Å². The first-order valence-electron chi connectivity index (χ1n) is 7.69. The fraction of sp³-hybridized carbons (Fsp3) is 0.125. The van der Waals surface area contributed by atoms with E-state index in [2.05, 4.69) is 12.2 Å². The summed E-state index contributed by atoms with van der Waals surface area (Å²) in [7, 11) is 0. The molecule has 166 valence electrons. The Balaban J connectivity index is 2.33. The van der Waals surface area contributed by atoms with Crippen LogP contribution in [0.25, 0.3) is 0 Å². The summed E-state index contributed by atoms with van der Waals surface area (Å²) in [5.41, 5.74) is -5.50. The van der Waals surface area contributed by atoms with Gasteiger partial charge in [-0.05, 0) is 42.5 Å². The van der Waals surface area contributed by atoms with E-state index in [1.54, 1.807) is 5.32 Å². The SMILES string of the molecule is O=C(NC(=S)N(O)c1ccc(Cl)c([N+](=O)[O-])c1)c1cc(C(F)(F)F)cc(C(F)(F)F)c1. The molecular formula is C16H8ClF6N3O4S. The average molecular weight is 488 g/mol. The summed E-state index contributed by atoms with van der Waals surface area (Å²) in [6, 6.07) is 3.02. The predicted molar refractivity (Wildman–Crippen MR) is 98.9 cm³/mol. The Morgan fingerprint density at radius 1 is 1.06 bits per heavy atom. The number of nitrogens with one attached hydrogen (secondary N) is 1. The molecule has 2 aromatic carbocycles. The number of amides is 1. The second-order valence-corrected chi connectivity index (χ2v) is 6.55. The van der Waals surface area contributed by atoms with Crippen molar-refractivity contribution in [2.75, 3.05) is 5.06 Å². The smallest absolute Gasteiger partial charge is 0.297 e. The van der Waals surface area contributed by atoms with Crippen LogP contribution in [-0.4, -0.2) is 21.2 Å². The van der Waals surface area contributed by atoms with E-state index in [9.17, 15) is 46.5 Å². The van der Waals surface area contributed by atoms with Crippen LogP contribution in [0.3, 0.4) is 0 Å². The first-order chi connectivity index (χ1) is 14.1. The van der Waals surface area contributed by atoms with Crippen molar-refractivity contribution in [1.82, 2.24) is 5.32 Å². The molecule has 2 N–H and O–H groups in total. The Bertz CT molecular complexity index is 1030. The molecular weight excluding hydrogens is 480 g/mol. The van der Waals surface area contributed by atoms with Gasteiger partial charge in [-0.3, -0.25) is 25.4 Å². The second kappa shape index (κ2) is 8.64. The van der Waals surface area contributed by atoms with E-state index in [0.717, 1.165) is 18.2 Å². The molecule has 0 aliphatic rings. The zero-order valence-corrected chi connectivity index (χ0v) is 16.2. The van der Waals surface area contributed by atoms with Crippen LogP contribution in [0.4, 0.5) is 37.7 Å². The van der Waals surface area contributed by atoms with Crippen molar-refractivity contribution in [1.29, 1.82) is 0 Å². The number of benzene rings is 2. The third-order valence-corrected chi connectivity index (χ3v) is 4.23. The van der Waals surface area contributed by atoms with E-state index < -0.39 is 50.7 Å². The highest BCUT2D eigenvalue weighted by atomic mass is 35.5. The fourth-order valence-electron chi connectivity index (χ4n) is 2.20. The van der Waals surface area contributed by atoms with Crippen molar-refractivity contribution >= 4 is 46.2 Å². The Kier molecular flexibility index (Phi) is 6.78. The minimum Gasteiger partial charge on any atom is -0.297 e. The molecule has 1 amide bonds. The Morgan fingerprint density at radius 3 is 2.03 bits per heavy atom. The zero-order valence-electron chi connectivity index (χ0n) is 14.6. The minimum atomic E-state index is -5.18. The number of hydrogen-bond acceptors (Lipinski definition) is 5. The van der Waals surface area contributed by atoms with Crippen LogP contribution in [0.5, 0.6) is 0 Å². The Morgan fingerprint density at radius 2 is 1.58 bits per heavy atom. The van der Waals surface area contributed by atoms with E-state index in [1.165, 1.54) is 0 Å². The summed E-state index contributed by atoms with van der Waals surface area (Å²) in [6.45, 7) is 0. The van der Waals surface area contributed by atoms with Gasteiger partial charge in [0.25, 0.3) is 11.6 Å². The van der Waals surface area contributed by atoms with Crippen LogP contribution in [0.1, 0.15) is 21.5 Å².